The number of benzene rings is 2. The number of hydrogen-bond acceptors (Lipinski definition) is 7. The predicted molar refractivity (Wildman–Crippen MR) is 146 cm³/mol. The van der Waals surface area contributed by atoms with Crippen molar-refractivity contribution in [1.82, 2.24) is 24.5 Å². The van der Waals surface area contributed by atoms with Gasteiger partial charge in [-0.3, -0.25) is 18.9 Å². The standard InChI is InChI=1S/C25H22ClN7O4S/c1-14(29-24(34)21-22(27)30-32-12-6-11-28-23(21)32)19-13-15-7-5-8-16(26)20(15)25(35)33(19)18-10-4-3-9-17(18)31-38(2,36)37/h3-14,31H,1-2H3,(H2,27,30)(H,29,34). The SMILES string of the molecule is CC(NC(=O)c1c(N)nn2cccnc12)c1cc2cccc(Cl)c2c(=O)n1-c1ccccc1NS(C)(=O)=O. The number of nitrogens with two attached hydrogens (primary N) is 1. The quantitative estimate of drug-likeness (QED) is 0.293. The van der Waals surface area contributed by atoms with Crippen molar-refractivity contribution in [3.63, 3.8) is 0 Å². The molecular weight excluding hydrogens is 530 g/mol. The van der Waals surface area contributed by atoms with Gasteiger partial charge in [-0.05, 0) is 42.6 Å². The number of fused-ring (bicyclic) bond motifs is 2. The van der Waals surface area contributed by atoms with Gasteiger partial charge in [-0.1, -0.05) is 35.9 Å². The maximum Gasteiger partial charge on any atom is 0.264 e. The Hall–Kier alpha value is -4.42. The van der Waals surface area contributed by atoms with Crippen molar-refractivity contribution in [2.24, 2.45) is 0 Å². The van der Waals surface area contributed by atoms with Crippen molar-refractivity contribution in [2.45, 2.75) is 13.0 Å². The van der Waals surface area contributed by atoms with Crippen molar-refractivity contribution in [1.29, 1.82) is 0 Å². The lowest BCUT2D eigenvalue weighted by Crippen LogP contribution is -2.32. The highest BCUT2D eigenvalue weighted by Crippen LogP contribution is 2.29. The zero-order chi connectivity index (χ0) is 27.2. The second kappa shape index (κ2) is 9.47. The van der Waals surface area contributed by atoms with Gasteiger partial charge in [0.2, 0.25) is 10.0 Å². The van der Waals surface area contributed by atoms with Gasteiger partial charge in [-0.2, -0.15) is 0 Å². The third kappa shape index (κ3) is 4.55. The van der Waals surface area contributed by atoms with Crippen LogP contribution in [-0.2, 0) is 10.0 Å². The van der Waals surface area contributed by atoms with Gasteiger partial charge in [0.25, 0.3) is 11.5 Å². The van der Waals surface area contributed by atoms with Crippen LogP contribution in [-0.4, -0.2) is 39.7 Å². The molecule has 0 radical (unpaired) electrons. The van der Waals surface area contributed by atoms with Crippen LogP contribution in [0.15, 0.2) is 71.8 Å². The molecule has 5 aromatic rings. The first-order valence-electron chi connectivity index (χ1n) is 11.4. The molecule has 0 fully saturated rings. The van der Waals surface area contributed by atoms with Crippen LogP contribution in [0, 0.1) is 0 Å². The van der Waals surface area contributed by atoms with Gasteiger partial charge >= 0.3 is 0 Å². The lowest BCUT2D eigenvalue weighted by atomic mass is 10.1. The van der Waals surface area contributed by atoms with Gasteiger partial charge < -0.3 is 11.1 Å². The van der Waals surface area contributed by atoms with E-state index in [4.69, 9.17) is 17.3 Å². The summed E-state index contributed by atoms with van der Waals surface area (Å²) in [7, 11) is -3.67. The van der Waals surface area contributed by atoms with Gasteiger partial charge in [0.15, 0.2) is 11.5 Å². The Bertz CT molecular complexity index is 1900. The third-order valence-corrected chi connectivity index (χ3v) is 6.81. The number of nitrogens with zero attached hydrogens (tertiary/aromatic N) is 4. The van der Waals surface area contributed by atoms with Gasteiger partial charge in [0, 0.05) is 18.1 Å². The predicted octanol–water partition coefficient (Wildman–Crippen LogP) is 3.13. The molecule has 0 bridgehead atoms. The summed E-state index contributed by atoms with van der Waals surface area (Å²) in [5.74, 6) is -0.546. The molecule has 0 aliphatic rings. The smallest absolute Gasteiger partial charge is 0.264 e. The Kier molecular flexibility index (Phi) is 6.29. The van der Waals surface area contributed by atoms with Crippen LogP contribution in [0.25, 0.3) is 22.1 Å². The Morgan fingerprint density at radius 1 is 1.13 bits per heavy atom. The van der Waals surface area contributed by atoms with Crippen molar-refractivity contribution in [3.05, 3.63) is 93.6 Å². The van der Waals surface area contributed by atoms with Gasteiger partial charge in [-0.15, -0.1) is 5.10 Å². The summed E-state index contributed by atoms with van der Waals surface area (Å²) >= 11 is 6.40. The molecule has 3 heterocycles. The Morgan fingerprint density at radius 2 is 1.89 bits per heavy atom. The highest BCUT2D eigenvalue weighted by atomic mass is 35.5. The number of nitrogens with one attached hydrogen (secondary N) is 2. The van der Waals surface area contributed by atoms with Gasteiger partial charge in [0.1, 0.15) is 5.56 Å². The first-order chi connectivity index (χ1) is 18.0. The molecule has 0 aliphatic carbocycles. The first kappa shape index (κ1) is 25.2. The molecule has 2 aromatic carbocycles. The maximum atomic E-state index is 13.9. The van der Waals surface area contributed by atoms with E-state index in [9.17, 15) is 18.0 Å². The fraction of sp³-hybridized carbons (Fsp3) is 0.120. The molecule has 0 saturated heterocycles. The van der Waals surface area contributed by atoms with Gasteiger partial charge in [0.05, 0.1) is 34.1 Å². The third-order valence-electron chi connectivity index (χ3n) is 5.91. The lowest BCUT2D eigenvalue weighted by Gasteiger charge is -2.22. The monoisotopic (exact) mass is 551 g/mol. The molecule has 1 atom stereocenters. The second-order valence-electron chi connectivity index (χ2n) is 8.65. The van der Waals surface area contributed by atoms with Crippen LogP contribution in [0.5, 0.6) is 0 Å². The second-order valence-corrected chi connectivity index (χ2v) is 10.8. The topological polar surface area (TPSA) is 153 Å². The number of halogens is 1. The summed E-state index contributed by atoms with van der Waals surface area (Å²) < 4.78 is 29.3. The summed E-state index contributed by atoms with van der Waals surface area (Å²) in [4.78, 5) is 31.4. The number of para-hydroxylation sites is 2. The van der Waals surface area contributed by atoms with E-state index in [1.54, 1.807) is 61.7 Å². The van der Waals surface area contributed by atoms with Crippen LogP contribution in [0.2, 0.25) is 5.02 Å². The summed E-state index contributed by atoms with van der Waals surface area (Å²) in [5, 5.41) is 8.04. The molecule has 11 nitrogen and oxygen atoms in total. The lowest BCUT2D eigenvalue weighted by molar-refractivity contribution is 0.0941. The summed E-state index contributed by atoms with van der Waals surface area (Å²) in [6.45, 7) is 1.70. The molecule has 5 rings (SSSR count). The summed E-state index contributed by atoms with van der Waals surface area (Å²) in [5.41, 5.74) is 6.72. The van der Waals surface area contributed by atoms with Crippen LogP contribution in [0.1, 0.15) is 29.0 Å². The number of carbonyl (C=O) groups is 1. The van der Waals surface area contributed by atoms with E-state index < -0.39 is 27.5 Å². The number of aromatic nitrogens is 4. The Balaban J connectivity index is 1.69. The molecule has 1 unspecified atom stereocenters. The largest absolute Gasteiger partial charge is 0.381 e. The molecule has 13 heteroatoms. The molecule has 38 heavy (non-hydrogen) atoms. The van der Waals surface area contributed by atoms with Crippen LogP contribution in [0.4, 0.5) is 11.5 Å². The average Bonchev–Trinajstić information content (AvgIpc) is 3.19. The number of pyridine rings is 1. The van der Waals surface area contributed by atoms with E-state index >= 15 is 0 Å². The number of sulfonamides is 1. The van der Waals surface area contributed by atoms with Crippen LogP contribution >= 0.6 is 11.6 Å². The number of anilines is 2. The minimum absolute atomic E-state index is 0.00113. The number of nitrogen functional groups attached to an aromatic ring is 1. The molecule has 1 amide bonds. The van der Waals surface area contributed by atoms with E-state index in [0.29, 0.717) is 11.1 Å². The normalized spacial score (nSPS) is 12.5. The van der Waals surface area contributed by atoms with E-state index in [1.807, 2.05) is 0 Å². The molecule has 4 N–H and O–H groups in total. The molecule has 194 valence electrons. The Morgan fingerprint density at radius 3 is 2.66 bits per heavy atom. The van der Waals surface area contributed by atoms with Crippen molar-refractivity contribution >= 4 is 55.5 Å². The minimum Gasteiger partial charge on any atom is -0.381 e. The highest BCUT2D eigenvalue weighted by Gasteiger charge is 2.24. The number of carbonyl (C=O) groups excluding carboxylic acids is 1. The number of rotatable bonds is 6. The summed E-state index contributed by atoms with van der Waals surface area (Å²) in [6, 6.07) is 14.1. The van der Waals surface area contributed by atoms with Gasteiger partial charge in [-0.25, -0.2) is 17.9 Å². The molecule has 0 aliphatic heterocycles. The van der Waals surface area contributed by atoms with E-state index in [-0.39, 0.29) is 38.8 Å². The number of hydrogen-bond donors (Lipinski definition) is 3. The summed E-state index contributed by atoms with van der Waals surface area (Å²) in [6.07, 6.45) is 4.16. The van der Waals surface area contributed by atoms with Crippen molar-refractivity contribution in [3.8, 4) is 5.69 Å². The van der Waals surface area contributed by atoms with Crippen LogP contribution < -0.4 is 21.3 Å². The zero-order valence-corrected chi connectivity index (χ0v) is 21.8. The average molecular weight is 552 g/mol. The molecule has 0 spiro atoms. The zero-order valence-electron chi connectivity index (χ0n) is 20.2. The highest BCUT2D eigenvalue weighted by molar-refractivity contribution is 7.92. The molecule has 3 aromatic heterocycles. The van der Waals surface area contributed by atoms with E-state index in [2.05, 4.69) is 20.1 Å². The van der Waals surface area contributed by atoms with E-state index in [0.717, 1.165) is 6.26 Å². The maximum absolute atomic E-state index is 13.9. The fourth-order valence-corrected chi connectivity index (χ4v) is 5.16. The minimum atomic E-state index is -3.67. The van der Waals surface area contributed by atoms with Crippen molar-refractivity contribution < 1.29 is 13.2 Å². The van der Waals surface area contributed by atoms with E-state index in [1.165, 1.54) is 21.3 Å². The molecule has 0 saturated carbocycles. The molecular formula is C25H22ClN7O4S. The van der Waals surface area contributed by atoms with Crippen LogP contribution in [0.3, 0.4) is 0 Å². The van der Waals surface area contributed by atoms with Crippen molar-refractivity contribution in [2.75, 3.05) is 16.7 Å². The number of amides is 1. The Labute approximate surface area is 221 Å². The first-order valence-corrected chi connectivity index (χ1v) is 13.6. The fourth-order valence-electron chi connectivity index (χ4n) is 4.33.